The smallest absolute Gasteiger partial charge is 0.336 e. The monoisotopic (exact) mass is 374 g/mol. The fourth-order valence-corrected chi connectivity index (χ4v) is 3.24. The van der Waals surface area contributed by atoms with E-state index in [0.29, 0.717) is 4.47 Å². The van der Waals surface area contributed by atoms with Gasteiger partial charge in [0, 0.05) is 21.0 Å². The van der Waals surface area contributed by atoms with Gasteiger partial charge in [-0.15, -0.1) is 0 Å². The Balaban J connectivity index is 2.28. The van der Waals surface area contributed by atoms with Crippen molar-refractivity contribution in [3.8, 4) is 0 Å². The van der Waals surface area contributed by atoms with Gasteiger partial charge in [-0.2, -0.15) is 0 Å². The maximum atomic E-state index is 13.5. The van der Waals surface area contributed by atoms with Crippen LogP contribution in [0.3, 0.4) is 0 Å². The highest BCUT2D eigenvalue weighted by Crippen LogP contribution is 2.22. The molecule has 3 nitrogen and oxygen atoms in total. The summed E-state index contributed by atoms with van der Waals surface area (Å²) < 4.78 is 38.9. The molecule has 1 unspecified atom stereocenters. The second-order valence-corrected chi connectivity index (χ2v) is 6.48. The van der Waals surface area contributed by atoms with Crippen LogP contribution in [0, 0.1) is 11.6 Å². The maximum Gasteiger partial charge on any atom is 0.336 e. The van der Waals surface area contributed by atoms with E-state index in [1.165, 1.54) is 24.3 Å². The van der Waals surface area contributed by atoms with Gasteiger partial charge in [0.2, 0.25) is 0 Å². The Bertz CT molecular complexity index is 734. The summed E-state index contributed by atoms with van der Waals surface area (Å²) in [6.45, 7) is 0. The van der Waals surface area contributed by atoms with E-state index >= 15 is 0 Å². The van der Waals surface area contributed by atoms with Crippen molar-refractivity contribution >= 4 is 32.7 Å². The summed E-state index contributed by atoms with van der Waals surface area (Å²) in [6.07, 6.45) is 0. The Morgan fingerprint density at radius 1 is 1.19 bits per heavy atom. The lowest BCUT2D eigenvalue weighted by atomic mass is 10.2. The van der Waals surface area contributed by atoms with Crippen LogP contribution in [0.1, 0.15) is 15.9 Å². The standard InChI is InChI=1S/C14H9BrF2O3S/c15-12-4-3-10(6-11(12)14(18)19)21(20)7-8-1-2-9(16)5-13(8)17/h1-6H,7H2,(H,18,19). The highest BCUT2D eigenvalue weighted by atomic mass is 79.9. The zero-order valence-corrected chi connectivity index (χ0v) is 12.9. The van der Waals surface area contributed by atoms with E-state index in [-0.39, 0.29) is 21.8 Å². The van der Waals surface area contributed by atoms with Gasteiger partial charge in [-0.25, -0.2) is 13.6 Å². The maximum absolute atomic E-state index is 13.5. The fourth-order valence-electron chi connectivity index (χ4n) is 1.67. The van der Waals surface area contributed by atoms with Crippen LogP contribution in [-0.2, 0) is 16.6 Å². The summed E-state index contributed by atoms with van der Waals surface area (Å²) >= 11 is 3.09. The number of rotatable bonds is 4. The Hall–Kier alpha value is -1.60. The van der Waals surface area contributed by atoms with Gasteiger partial charge in [0.15, 0.2) is 0 Å². The Morgan fingerprint density at radius 3 is 2.52 bits per heavy atom. The van der Waals surface area contributed by atoms with Crippen LogP contribution < -0.4 is 0 Å². The van der Waals surface area contributed by atoms with E-state index in [1.54, 1.807) is 0 Å². The average molecular weight is 375 g/mol. The molecular formula is C14H9BrF2O3S. The molecule has 0 bridgehead atoms. The third kappa shape index (κ3) is 3.74. The summed E-state index contributed by atoms with van der Waals surface area (Å²) in [5.41, 5.74) is 0.0787. The summed E-state index contributed by atoms with van der Waals surface area (Å²) in [6, 6.07) is 7.26. The van der Waals surface area contributed by atoms with E-state index in [1.807, 2.05) is 0 Å². The Morgan fingerprint density at radius 2 is 1.90 bits per heavy atom. The van der Waals surface area contributed by atoms with Crippen LogP contribution in [0.15, 0.2) is 45.8 Å². The minimum atomic E-state index is -1.63. The highest BCUT2D eigenvalue weighted by Gasteiger charge is 2.14. The fraction of sp³-hybridized carbons (Fsp3) is 0.0714. The van der Waals surface area contributed by atoms with E-state index in [9.17, 15) is 17.8 Å². The Kier molecular flexibility index (Phi) is 4.84. The first-order valence-corrected chi connectivity index (χ1v) is 7.85. The van der Waals surface area contributed by atoms with Crippen molar-refractivity contribution in [2.24, 2.45) is 0 Å². The number of hydrogen-bond acceptors (Lipinski definition) is 2. The van der Waals surface area contributed by atoms with Crippen LogP contribution in [0.4, 0.5) is 8.78 Å². The largest absolute Gasteiger partial charge is 0.478 e. The molecule has 2 aromatic carbocycles. The van der Waals surface area contributed by atoms with E-state index in [2.05, 4.69) is 15.9 Å². The molecule has 0 aromatic heterocycles. The lowest BCUT2D eigenvalue weighted by Crippen LogP contribution is -2.03. The van der Waals surface area contributed by atoms with Crippen molar-refractivity contribution < 1.29 is 22.9 Å². The molecule has 21 heavy (non-hydrogen) atoms. The SMILES string of the molecule is O=C(O)c1cc(S(=O)Cc2ccc(F)cc2F)ccc1Br. The molecule has 7 heteroatoms. The molecule has 0 aliphatic carbocycles. The second kappa shape index (κ2) is 6.44. The molecule has 0 radical (unpaired) electrons. The van der Waals surface area contributed by atoms with Crippen molar-refractivity contribution in [1.29, 1.82) is 0 Å². The third-order valence-corrected chi connectivity index (χ3v) is 4.78. The molecule has 0 saturated carbocycles. The van der Waals surface area contributed by atoms with E-state index < -0.39 is 28.4 Å². The van der Waals surface area contributed by atoms with Crippen molar-refractivity contribution in [3.63, 3.8) is 0 Å². The van der Waals surface area contributed by atoms with Crippen molar-refractivity contribution in [1.82, 2.24) is 0 Å². The summed E-state index contributed by atoms with van der Waals surface area (Å²) in [4.78, 5) is 11.3. The first kappa shape index (κ1) is 15.8. The lowest BCUT2D eigenvalue weighted by Gasteiger charge is -2.06. The molecule has 2 rings (SSSR count). The molecule has 110 valence electrons. The van der Waals surface area contributed by atoms with Crippen LogP contribution in [0.25, 0.3) is 0 Å². The molecule has 0 heterocycles. The molecular weight excluding hydrogens is 366 g/mol. The molecule has 1 atom stereocenters. The topological polar surface area (TPSA) is 54.4 Å². The van der Waals surface area contributed by atoms with Gasteiger partial charge in [-0.3, -0.25) is 4.21 Å². The van der Waals surface area contributed by atoms with Gasteiger partial charge in [0.05, 0.1) is 22.1 Å². The van der Waals surface area contributed by atoms with Crippen molar-refractivity contribution in [2.45, 2.75) is 10.6 Å². The first-order valence-electron chi connectivity index (χ1n) is 5.73. The number of carbonyl (C=O) groups is 1. The molecule has 2 aromatic rings. The van der Waals surface area contributed by atoms with Gasteiger partial charge < -0.3 is 5.11 Å². The summed E-state index contributed by atoms with van der Waals surface area (Å²) in [7, 11) is -1.63. The number of halogens is 3. The molecule has 0 amide bonds. The van der Waals surface area contributed by atoms with Gasteiger partial charge in [-0.05, 0) is 40.2 Å². The minimum Gasteiger partial charge on any atom is -0.478 e. The van der Waals surface area contributed by atoms with Crippen LogP contribution in [0.2, 0.25) is 0 Å². The molecule has 0 fully saturated rings. The van der Waals surface area contributed by atoms with Gasteiger partial charge in [-0.1, -0.05) is 6.07 Å². The third-order valence-electron chi connectivity index (χ3n) is 2.73. The predicted molar refractivity (Wildman–Crippen MR) is 77.6 cm³/mol. The number of hydrogen-bond donors (Lipinski definition) is 1. The van der Waals surface area contributed by atoms with Crippen molar-refractivity contribution in [2.75, 3.05) is 0 Å². The van der Waals surface area contributed by atoms with Crippen molar-refractivity contribution in [3.05, 3.63) is 63.6 Å². The second-order valence-electron chi connectivity index (χ2n) is 4.17. The number of benzene rings is 2. The van der Waals surface area contributed by atoms with Crippen LogP contribution >= 0.6 is 15.9 Å². The quantitative estimate of drug-likeness (QED) is 0.886. The zero-order chi connectivity index (χ0) is 15.6. The summed E-state index contributed by atoms with van der Waals surface area (Å²) in [5, 5.41) is 9.01. The molecule has 1 N–H and O–H groups in total. The first-order chi connectivity index (χ1) is 9.88. The molecule has 0 spiro atoms. The van der Waals surface area contributed by atoms with Crippen LogP contribution in [-0.4, -0.2) is 15.3 Å². The number of carboxylic acids is 1. The molecule has 0 saturated heterocycles. The highest BCUT2D eigenvalue weighted by molar-refractivity contribution is 9.10. The van der Waals surface area contributed by atoms with Gasteiger partial charge in [0.1, 0.15) is 11.6 Å². The van der Waals surface area contributed by atoms with Gasteiger partial charge in [0.25, 0.3) is 0 Å². The average Bonchev–Trinajstić information content (AvgIpc) is 2.42. The lowest BCUT2D eigenvalue weighted by molar-refractivity contribution is 0.0695. The molecule has 0 aliphatic rings. The molecule has 0 aliphatic heterocycles. The number of aromatic carboxylic acids is 1. The van der Waals surface area contributed by atoms with Gasteiger partial charge >= 0.3 is 5.97 Å². The van der Waals surface area contributed by atoms with E-state index in [4.69, 9.17) is 5.11 Å². The van der Waals surface area contributed by atoms with Crippen LogP contribution in [0.5, 0.6) is 0 Å². The minimum absolute atomic E-state index is 0.0274. The normalized spacial score (nSPS) is 12.1. The zero-order valence-electron chi connectivity index (χ0n) is 10.5. The number of carboxylic acid groups (broad SMARTS) is 1. The Labute approximate surface area is 130 Å². The predicted octanol–water partition coefficient (Wildman–Crippen LogP) is 3.73. The van der Waals surface area contributed by atoms with E-state index in [0.717, 1.165) is 12.1 Å². The summed E-state index contributed by atoms with van der Waals surface area (Å²) in [5.74, 6) is -2.81.